The summed E-state index contributed by atoms with van der Waals surface area (Å²) in [7, 11) is 0. The van der Waals surface area contributed by atoms with Crippen LogP contribution in [0.1, 0.15) is 15.9 Å². The Morgan fingerprint density at radius 1 is 1.12 bits per heavy atom. The molecule has 2 nitrogen and oxygen atoms in total. The van der Waals surface area contributed by atoms with E-state index in [1.165, 1.54) is 18.3 Å². The number of ketones is 1. The summed E-state index contributed by atoms with van der Waals surface area (Å²) in [5.41, 5.74) is 0.275. The van der Waals surface area contributed by atoms with Crippen LogP contribution in [0.3, 0.4) is 0 Å². The Hall–Kier alpha value is -1.81. The maximum atomic E-state index is 12.9. The second kappa shape index (κ2) is 4.59. The van der Waals surface area contributed by atoms with E-state index in [9.17, 15) is 13.6 Å². The summed E-state index contributed by atoms with van der Waals surface area (Å²) in [4.78, 5) is 15.4. The zero-order valence-corrected chi connectivity index (χ0v) is 9.21. The molecule has 0 spiro atoms. The van der Waals surface area contributed by atoms with Gasteiger partial charge in [-0.15, -0.1) is 0 Å². The molecule has 0 saturated heterocycles. The van der Waals surface area contributed by atoms with Crippen LogP contribution in [0, 0.1) is 11.6 Å². The van der Waals surface area contributed by atoms with Gasteiger partial charge < -0.3 is 0 Å². The third kappa shape index (κ3) is 2.47. The van der Waals surface area contributed by atoms with Gasteiger partial charge >= 0.3 is 0 Å². The van der Waals surface area contributed by atoms with E-state index in [-0.39, 0.29) is 16.1 Å². The van der Waals surface area contributed by atoms with Crippen molar-refractivity contribution in [2.45, 2.75) is 0 Å². The van der Waals surface area contributed by atoms with Gasteiger partial charge in [0.15, 0.2) is 5.78 Å². The summed E-state index contributed by atoms with van der Waals surface area (Å²) in [6.07, 6.45) is 2.23. The van der Waals surface area contributed by atoms with Crippen molar-refractivity contribution in [2.24, 2.45) is 0 Å². The first-order chi connectivity index (χ1) is 8.08. The number of aromatic nitrogens is 1. The van der Waals surface area contributed by atoms with Gasteiger partial charge in [-0.1, -0.05) is 11.6 Å². The molecule has 0 N–H and O–H groups in total. The molecule has 0 fully saturated rings. The van der Waals surface area contributed by atoms with Gasteiger partial charge in [0, 0.05) is 17.3 Å². The lowest BCUT2D eigenvalue weighted by Gasteiger charge is -2.02. The molecule has 0 amide bonds. The Balaban J connectivity index is 2.40. The van der Waals surface area contributed by atoms with Gasteiger partial charge in [-0.3, -0.25) is 9.78 Å². The number of rotatable bonds is 2. The third-order valence-corrected chi connectivity index (χ3v) is 2.44. The average molecular weight is 254 g/mol. The highest BCUT2D eigenvalue weighted by molar-refractivity contribution is 6.31. The number of pyridine rings is 1. The van der Waals surface area contributed by atoms with Crippen LogP contribution in [-0.4, -0.2) is 10.8 Å². The monoisotopic (exact) mass is 253 g/mol. The molecule has 5 heteroatoms. The van der Waals surface area contributed by atoms with Crippen LogP contribution in [0.2, 0.25) is 5.02 Å². The van der Waals surface area contributed by atoms with E-state index in [1.54, 1.807) is 0 Å². The van der Waals surface area contributed by atoms with Crippen LogP contribution in [0.15, 0.2) is 36.7 Å². The second-order valence-electron chi connectivity index (χ2n) is 3.35. The predicted molar refractivity (Wildman–Crippen MR) is 59.0 cm³/mol. The van der Waals surface area contributed by atoms with Crippen LogP contribution in [-0.2, 0) is 0 Å². The number of halogens is 3. The van der Waals surface area contributed by atoms with Crippen molar-refractivity contribution < 1.29 is 13.6 Å². The molecule has 0 atom stereocenters. The molecule has 86 valence electrons. The Kier molecular flexibility index (Phi) is 3.15. The minimum atomic E-state index is -0.611. The van der Waals surface area contributed by atoms with E-state index in [4.69, 9.17) is 11.6 Å². The van der Waals surface area contributed by atoms with E-state index >= 15 is 0 Å². The molecule has 0 aliphatic rings. The van der Waals surface area contributed by atoms with Gasteiger partial charge in [-0.2, -0.15) is 0 Å². The maximum absolute atomic E-state index is 12.9. The Bertz CT molecular complexity index is 586. The van der Waals surface area contributed by atoms with Gasteiger partial charge in [0.1, 0.15) is 11.6 Å². The molecular weight excluding hydrogens is 248 g/mol. The molecule has 0 unspecified atom stereocenters. The lowest BCUT2D eigenvalue weighted by Crippen LogP contribution is -2.02. The van der Waals surface area contributed by atoms with Crippen molar-refractivity contribution >= 4 is 17.4 Å². The first-order valence-corrected chi connectivity index (χ1v) is 5.06. The van der Waals surface area contributed by atoms with E-state index in [1.807, 2.05) is 0 Å². The van der Waals surface area contributed by atoms with Crippen LogP contribution < -0.4 is 0 Å². The molecule has 0 saturated carbocycles. The molecule has 1 heterocycles. The predicted octanol–water partition coefficient (Wildman–Crippen LogP) is 3.24. The first kappa shape index (κ1) is 11.7. The summed E-state index contributed by atoms with van der Waals surface area (Å²) in [6.45, 7) is 0. The fourth-order valence-corrected chi connectivity index (χ4v) is 1.52. The first-order valence-electron chi connectivity index (χ1n) is 4.68. The summed E-state index contributed by atoms with van der Waals surface area (Å²) in [5, 5.41) is -0.153. The zero-order chi connectivity index (χ0) is 12.4. The lowest BCUT2D eigenvalue weighted by molar-refractivity contribution is 0.103. The smallest absolute Gasteiger partial charge is 0.194 e. The van der Waals surface area contributed by atoms with E-state index in [0.29, 0.717) is 0 Å². The Morgan fingerprint density at radius 3 is 2.53 bits per heavy atom. The quantitative estimate of drug-likeness (QED) is 0.769. The molecule has 1 aromatic carbocycles. The van der Waals surface area contributed by atoms with Gasteiger partial charge in [0.25, 0.3) is 0 Å². The number of benzene rings is 1. The van der Waals surface area contributed by atoms with Gasteiger partial charge in [-0.05, 0) is 24.3 Å². The summed E-state index contributed by atoms with van der Waals surface area (Å²) < 4.78 is 25.8. The molecule has 0 aliphatic carbocycles. The van der Waals surface area contributed by atoms with E-state index in [2.05, 4.69) is 4.98 Å². The molecule has 0 radical (unpaired) electrons. The van der Waals surface area contributed by atoms with Crippen molar-refractivity contribution in [3.63, 3.8) is 0 Å². The molecule has 0 bridgehead atoms. The van der Waals surface area contributed by atoms with Crippen LogP contribution >= 0.6 is 11.6 Å². The largest absolute Gasteiger partial charge is 0.289 e. The normalized spacial score (nSPS) is 10.3. The molecule has 1 aromatic heterocycles. The molecule has 0 aliphatic heterocycles. The lowest BCUT2D eigenvalue weighted by atomic mass is 10.1. The van der Waals surface area contributed by atoms with Crippen molar-refractivity contribution in [2.75, 3.05) is 0 Å². The maximum Gasteiger partial charge on any atom is 0.194 e. The minimum absolute atomic E-state index is 0.0904. The van der Waals surface area contributed by atoms with Gasteiger partial charge in [0.2, 0.25) is 0 Å². The fourth-order valence-electron chi connectivity index (χ4n) is 1.34. The SMILES string of the molecule is O=C(c1cncc(F)c1)c1ccc(F)c(Cl)c1. The number of nitrogens with zero attached hydrogens (tertiary/aromatic N) is 1. The van der Waals surface area contributed by atoms with Crippen molar-refractivity contribution in [3.05, 3.63) is 64.4 Å². The Morgan fingerprint density at radius 2 is 1.88 bits per heavy atom. The molecule has 2 rings (SSSR count). The third-order valence-electron chi connectivity index (χ3n) is 2.15. The van der Waals surface area contributed by atoms with E-state index < -0.39 is 17.4 Å². The van der Waals surface area contributed by atoms with Crippen molar-refractivity contribution in [1.29, 1.82) is 0 Å². The van der Waals surface area contributed by atoms with E-state index in [0.717, 1.165) is 18.3 Å². The second-order valence-corrected chi connectivity index (χ2v) is 3.76. The summed E-state index contributed by atoms with van der Waals surface area (Å²) in [5.74, 6) is -1.68. The molecule has 2 aromatic rings. The fraction of sp³-hybridized carbons (Fsp3) is 0. The van der Waals surface area contributed by atoms with Crippen LogP contribution in [0.4, 0.5) is 8.78 Å². The number of hydrogen-bond donors (Lipinski definition) is 0. The van der Waals surface area contributed by atoms with Crippen molar-refractivity contribution in [3.8, 4) is 0 Å². The summed E-state index contributed by atoms with van der Waals surface area (Å²) >= 11 is 5.56. The average Bonchev–Trinajstić information content (AvgIpc) is 2.32. The number of carbonyl (C=O) groups excluding carboxylic acids is 1. The zero-order valence-electron chi connectivity index (χ0n) is 8.45. The van der Waals surface area contributed by atoms with Gasteiger partial charge in [-0.25, -0.2) is 8.78 Å². The standard InChI is InChI=1S/C12H6ClF2NO/c13-10-4-7(1-2-11(10)15)12(17)8-3-9(14)6-16-5-8/h1-6H. The molecular formula is C12H6ClF2NO. The molecule has 17 heavy (non-hydrogen) atoms. The van der Waals surface area contributed by atoms with Gasteiger partial charge in [0.05, 0.1) is 11.2 Å². The topological polar surface area (TPSA) is 30.0 Å². The van der Waals surface area contributed by atoms with Crippen LogP contribution in [0.5, 0.6) is 0 Å². The van der Waals surface area contributed by atoms with Crippen molar-refractivity contribution in [1.82, 2.24) is 4.98 Å². The Labute approximate surface area is 101 Å². The number of carbonyl (C=O) groups is 1. The summed E-state index contributed by atoms with van der Waals surface area (Å²) in [6, 6.07) is 4.63. The highest BCUT2D eigenvalue weighted by Crippen LogP contribution is 2.18. The van der Waals surface area contributed by atoms with Crippen LogP contribution in [0.25, 0.3) is 0 Å². The minimum Gasteiger partial charge on any atom is -0.289 e. The highest BCUT2D eigenvalue weighted by Gasteiger charge is 2.12. The highest BCUT2D eigenvalue weighted by atomic mass is 35.5. The number of hydrogen-bond acceptors (Lipinski definition) is 2.